The number of hydrogen-bond acceptors (Lipinski definition) is 1. The second-order valence-electron chi connectivity index (χ2n) is 6.36. The molecule has 1 unspecified atom stereocenters. The van der Waals surface area contributed by atoms with Crippen molar-refractivity contribution < 1.29 is 0 Å². The van der Waals surface area contributed by atoms with Crippen LogP contribution >= 0.6 is 11.6 Å². The fourth-order valence-electron chi connectivity index (χ4n) is 2.87. The molecule has 0 aromatic heterocycles. The summed E-state index contributed by atoms with van der Waals surface area (Å²) in [6.45, 7) is 4.45. The van der Waals surface area contributed by atoms with Crippen molar-refractivity contribution in [3.63, 3.8) is 0 Å². The first-order chi connectivity index (χ1) is 11.6. The Kier molecular flexibility index (Phi) is 5.22. The summed E-state index contributed by atoms with van der Waals surface area (Å²) in [4.78, 5) is 0. The third kappa shape index (κ3) is 3.98. The molecule has 24 heavy (non-hydrogen) atoms. The van der Waals surface area contributed by atoms with Crippen LogP contribution in [0.1, 0.15) is 25.5 Å². The van der Waals surface area contributed by atoms with E-state index in [1.165, 1.54) is 16.7 Å². The van der Waals surface area contributed by atoms with Crippen LogP contribution in [0.3, 0.4) is 0 Å². The second kappa shape index (κ2) is 7.55. The summed E-state index contributed by atoms with van der Waals surface area (Å²) in [5, 5.41) is 4.42. The van der Waals surface area contributed by atoms with Gasteiger partial charge in [0, 0.05) is 10.7 Å². The second-order valence-corrected chi connectivity index (χ2v) is 6.80. The lowest BCUT2D eigenvalue weighted by Gasteiger charge is -2.24. The van der Waals surface area contributed by atoms with Gasteiger partial charge in [0.15, 0.2) is 0 Å². The third-order valence-corrected chi connectivity index (χ3v) is 4.46. The summed E-state index contributed by atoms with van der Waals surface area (Å²) < 4.78 is 0. The number of hydrogen-bond donors (Lipinski definition) is 1. The molecule has 0 saturated heterocycles. The van der Waals surface area contributed by atoms with E-state index < -0.39 is 0 Å². The van der Waals surface area contributed by atoms with Gasteiger partial charge in [0.2, 0.25) is 0 Å². The molecule has 3 rings (SSSR count). The summed E-state index contributed by atoms with van der Waals surface area (Å²) in [5.41, 5.74) is 4.85. The standard InChI is InChI=1S/C22H22ClN/c1-16(2)22(19-8-12-20(23)13-9-19)24-21-14-10-18(11-15-21)17-6-4-3-5-7-17/h3-16,22,24H,1-2H3. The minimum Gasteiger partial charge on any atom is -0.378 e. The predicted octanol–water partition coefficient (Wildman–Crippen LogP) is 6.82. The molecule has 1 N–H and O–H groups in total. The zero-order chi connectivity index (χ0) is 16.9. The van der Waals surface area contributed by atoms with Gasteiger partial charge in [-0.3, -0.25) is 0 Å². The van der Waals surface area contributed by atoms with Crippen molar-refractivity contribution in [1.29, 1.82) is 0 Å². The van der Waals surface area contributed by atoms with Gasteiger partial charge in [-0.1, -0.05) is 80.0 Å². The first kappa shape index (κ1) is 16.6. The molecular weight excluding hydrogens is 314 g/mol. The van der Waals surface area contributed by atoms with E-state index in [-0.39, 0.29) is 6.04 Å². The maximum absolute atomic E-state index is 6.01. The Morgan fingerprint density at radius 1 is 0.708 bits per heavy atom. The Bertz CT molecular complexity index is 761. The quantitative estimate of drug-likeness (QED) is 0.539. The minimum absolute atomic E-state index is 0.254. The topological polar surface area (TPSA) is 12.0 Å². The third-order valence-electron chi connectivity index (χ3n) is 4.21. The summed E-state index contributed by atoms with van der Waals surface area (Å²) in [6.07, 6.45) is 0. The molecular formula is C22H22ClN. The molecule has 0 radical (unpaired) electrons. The molecule has 1 nitrogen and oxygen atoms in total. The van der Waals surface area contributed by atoms with Crippen LogP contribution in [0.2, 0.25) is 5.02 Å². The summed E-state index contributed by atoms with van der Waals surface area (Å²) in [5.74, 6) is 0.472. The zero-order valence-corrected chi connectivity index (χ0v) is 14.8. The Labute approximate surface area is 149 Å². The van der Waals surface area contributed by atoms with Gasteiger partial charge in [0.05, 0.1) is 6.04 Å². The maximum Gasteiger partial charge on any atom is 0.0536 e. The minimum atomic E-state index is 0.254. The molecule has 0 saturated carbocycles. The Morgan fingerprint density at radius 2 is 1.29 bits per heavy atom. The van der Waals surface area contributed by atoms with E-state index in [0.717, 1.165) is 10.7 Å². The molecule has 0 fully saturated rings. The molecule has 3 aromatic carbocycles. The lowest BCUT2D eigenvalue weighted by molar-refractivity contribution is 0.546. The highest BCUT2D eigenvalue weighted by Crippen LogP contribution is 2.29. The molecule has 0 aliphatic carbocycles. The van der Waals surface area contributed by atoms with Crippen LogP contribution in [0.4, 0.5) is 5.69 Å². The van der Waals surface area contributed by atoms with Crippen molar-refractivity contribution in [3.8, 4) is 11.1 Å². The Hall–Kier alpha value is -2.25. The van der Waals surface area contributed by atoms with Crippen molar-refractivity contribution in [2.45, 2.75) is 19.9 Å². The molecule has 2 heteroatoms. The molecule has 0 bridgehead atoms. The normalized spacial score (nSPS) is 12.2. The highest BCUT2D eigenvalue weighted by Gasteiger charge is 2.15. The number of benzene rings is 3. The van der Waals surface area contributed by atoms with Gasteiger partial charge in [0.25, 0.3) is 0 Å². The van der Waals surface area contributed by atoms with E-state index in [0.29, 0.717) is 5.92 Å². The van der Waals surface area contributed by atoms with Crippen molar-refractivity contribution in [1.82, 2.24) is 0 Å². The maximum atomic E-state index is 6.01. The Morgan fingerprint density at radius 3 is 1.88 bits per heavy atom. The average molecular weight is 336 g/mol. The smallest absolute Gasteiger partial charge is 0.0536 e. The number of nitrogens with one attached hydrogen (secondary N) is 1. The fourth-order valence-corrected chi connectivity index (χ4v) is 3.00. The average Bonchev–Trinajstić information content (AvgIpc) is 2.62. The first-order valence-electron chi connectivity index (χ1n) is 8.31. The molecule has 1 atom stereocenters. The van der Waals surface area contributed by atoms with Crippen LogP contribution in [0.15, 0.2) is 78.9 Å². The van der Waals surface area contributed by atoms with Gasteiger partial charge in [0.1, 0.15) is 0 Å². The van der Waals surface area contributed by atoms with Gasteiger partial charge in [-0.05, 0) is 46.9 Å². The van der Waals surface area contributed by atoms with E-state index in [1.54, 1.807) is 0 Å². The van der Waals surface area contributed by atoms with Crippen molar-refractivity contribution in [3.05, 3.63) is 89.4 Å². The fraction of sp³-hybridized carbons (Fsp3) is 0.182. The molecule has 0 spiro atoms. The number of halogens is 1. The van der Waals surface area contributed by atoms with Gasteiger partial charge in [-0.2, -0.15) is 0 Å². The van der Waals surface area contributed by atoms with Gasteiger partial charge in [-0.25, -0.2) is 0 Å². The monoisotopic (exact) mass is 335 g/mol. The van der Waals surface area contributed by atoms with Crippen LogP contribution in [0.5, 0.6) is 0 Å². The SMILES string of the molecule is CC(C)C(Nc1ccc(-c2ccccc2)cc1)c1ccc(Cl)cc1. The van der Waals surface area contributed by atoms with E-state index in [2.05, 4.69) is 79.8 Å². The first-order valence-corrected chi connectivity index (χ1v) is 8.69. The molecule has 0 aliphatic rings. The van der Waals surface area contributed by atoms with Crippen LogP contribution < -0.4 is 5.32 Å². The molecule has 122 valence electrons. The van der Waals surface area contributed by atoms with E-state index >= 15 is 0 Å². The lowest BCUT2D eigenvalue weighted by Crippen LogP contribution is -2.16. The molecule has 0 heterocycles. The zero-order valence-electron chi connectivity index (χ0n) is 14.0. The lowest BCUT2D eigenvalue weighted by atomic mass is 9.95. The Balaban J connectivity index is 1.79. The van der Waals surface area contributed by atoms with Crippen molar-refractivity contribution in [2.75, 3.05) is 5.32 Å². The summed E-state index contributed by atoms with van der Waals surface area (Å²) in [7, 11) is 0. The summed E-state index contributed by atoms with van der Waals surface area (Å²) in [6, 6.07) is 27.4. The number of anilines is 1. The van der Waals surface area contributed by atoms with Gasteiger partial charge in [-0.15, -0.1) is 0 Å². The van der Waals surface area contributed by atoms with E-state index in [4.69, 9.17) is 11.6 Å². The van der Waals surface area contributed by atoms with Gasteiger partial charge < -0.3 is 5.32 Å². The van der Waals surface area contributed by atoms with Gasteiger partial charge >= 0.3 is 0 Å². The van der Waals surface area contributed by atoms with E-state index in [9.17, 15) is 0 Å². The van der Waals surface area contributed by atoms with Crippen LogP contribution in [0, 0.1) is 5.92 Å². The predicted molar refractivity (Wildman–Crippen MR) is 105 cm³/mol. The number of rotatable bonds is 5. The molecule has 3 aromatic rings. The van der Waals surface area contributed by atoms with Crippen molar-refractivity contribution >= 4 is 17.3 Å². The van der Waals surface area contributed by atoms with E-state index in [1.807, 2.05) is 18.2 Å². The largest absolute Gasteiger partial charge is 0.378 e. The van der Waals surface area contributed by atoms with Crippen LogP contribution in [-0.4, -0.2) is 0 Å². The van der Waals surface area contributed by atoms with Crippen molar-refractivity contribution in [2.24, 2.45) is 5.92 Å². The molecule has 0 aliphatic heterocycles. The highest BCUT2D eigenvalue weighted by molar-refractivity contribution is 6.30. The highest BCUT2D eigenvalue weighted by atomic mass is 35.5. The van der Waals surface area contributed by atoms with Crippen LogP contribution in [0.25, 0.3) is 11.1 Å². The van der Waals surface area contributed by atoms with Crippen LogP contribution in [-0.2, 0) is 0 Å². The molecule has 0 amide bonds. The summed E-state index contributed by atoms with van der Waals surface area (Å²) >= 11 is 6.01.